The second-order valence-electron chi connectivity index (χ2n) is 6.25. The summed E-state index contributed by atoms with van der Waals surface area (Å²) in [5.41, 5.74) is 7.25. The first-order valence-electron chi connectivity index (χ1n) is 7.84. The zero-order chi connectivity index (χ0) is 14.4. The van der Waals surface area contributed by atoms with Crippen LogP contribution < -0.4 is 5.73 Å². The molecule has 1 aromatic carbocycles. The fourth-order valence-corrected chi connectivity index (χ4v) is 3.36. The van der Waals surface area contributed by atoms with Gasteiger partial charge in [-0.1, -0.05) is 30.3 Å². The van der Waals surface area contributed by atoms with Crippen molar-refractivity contribution in [3.05, 3.63) is 35.9 Å². The molecule has 0 radical (unpaired) electrons. The number of nitrogens with two attached hydrogens (primary N) is 1. The molecule has 1 fully saturated rings. The summed E-state index contributed by atoms with van der Waals surface area (Å²) in [7, 11) is 4.35. The van der Waals surface area contributed by atoms with Gasteiger partial charge in [0.05, 0.1) is 0 Å². The molecule has 2 rings (SSSR count). The van der Waals surface area contributed by atoms with Crippen LogP contribution in [-0.2, 0) is 0 Å². The van der Waals surface area contributed by atoms with Crippen molar-refractivity contribution in [2.24, 2.45) is 11.7 Å². The van der Waals surface area contributed by atoms with E-state index in [1.54, 1.807) is 0 Å². The van der Waals surface area contributed by atoms with Gasteiger partial charge in [0, 0.05) is 12.6 Å². The zero-order valence-corrected chi connectivity index (χ0v) is 13.0. The molecule has 0 saturated carbocycles. The lowest BCUT2D eigenvalue weighted by molar-refractivity contribution is 0.115. The molecule has 1 aliphatic rings. The fraction of sp³-hybridized carbons (Fsp3) is 0.647. The molecule has 1 aromatic rings. The van der Waals surface area contributed by atoms with Crippen LogP contribution in [0.1, 0.15) is 30.9 Å². The van der Waals surface area contributed by atoms with Crippen molar-refractivity contribution in [2.75, 3.05) is 40.3 Å². The van der Waals surface area contributed by atoms with Gasteiger partial charge in [-0.3, -0.25) is 4.90 Å². The molecule has 2 N–H and O–H groups in total. The molecule has 3 heteroatoms. The number of piperidine rings is 1. The first-order chi connectivity index (χ1) is 9.70. The maximum absolute atomic E-state index is 5.83. The Hall–Kier alpha value is -0.900. The van der Waals surface area contributed by atoms with E-state index >= 15 is 0 Å². The minimum absolute atomic E-state index is 0.501. The van der Waals surface area contributed by atoms with Crippen molar-refractivity contribution in [1.82, 2.24) is 9.80 Å². The van der Waals surface area contributed by atoms with Crippen LogP contribution in [0.25, 0.3) is 0 Å². The summed E-state index contributed by atoms with van der Waals surface area (Å²) in [5.74, 6) is 0.857. The van der Waals surface area contributed by atoms with E-state index in [4.69, 9.17) is 5.73 Å². The van der Waals surface area contributed by atoms with Crippen LogP contribution in [0.3, 0.4) is 0 Å². The summed E-state index contributed by atoms with van der Waals surface area (Å²) in [6.07, 6.45) is 3.68. The second kappa shape index (κ2) is 7.77. The van der Waals surface area contributed by atoms with E-state index in [1.165, 1.54) is 38.0 Å². The van der Waals surface area contributed by atoms with E-state index in [9.17, 15) is 0 Å². The minimum Gasteiger partial charge on any atom is -0.330 e. The summed E-state index contributed by atoms with van der Waals surface area (Å²) < 4.78 is 0. The third-order valence-electron chi connectivity index (χ3n) is 4.34. The maximum atomic E-state index is 5.83. The Morgan fingerprint density at radius 3 is 2.40 bits per heavy atom. The SMILES string of the molecule is CN(C)CC1CCN(C(CCN)c2ccccc2)CC1. The van der Waals surface area contributed by atoms with E-state index < -0.39 is 0 Å². The molecular weight excluding hydrogens is 246 g/mol. The van der Waals surface area contributed by atoms with Gasteiger partial charge in [0.2, 0.25) is 0 Å². The first kappa shape index (κ1) is 15.5. The van der Waals surface area contributed by atoms with Crippen molar-refractivity contribution in [2.45, 2.75) is 25.3 Å². The summed E-state index contributed by atoms with van der Waals surface area (Å²) in [6, 6.07) is 11.3. The Kier molecular flexibility index (Phi) is 6.02. The number of likely N-dealkylation sites (tertiary alicyclic amines) is 1. The summed E-state index contributed by atoms with van der Waals surface area (Å²) >= 11 is 0. The Morgan fingerprint density at radius 1 is 1.20 bits per heavy atom. The van der Waals surface area contributed by atoms with Crippen LogP contribution in [0, 0.1) is 5.92 Å². The van der Waals surface area contributed by atoms with Crippen molar-refractivity contribution in [3.63, 3.8) is 0 Å². The first-order valence-corrected chi connectivity index (χ1v) is 7.84. The van der Waals surface area contributed by atoms with Crippen molar-refractivity contribution >= 4 is 0 Å². The number of hydrogen-bond donors (Lipinski definition) is 1. The quantitative estimate of drug-likeness (QED) is 0.865. The Balaban J connectivity index is 1.95. The normalized spacial score (nSPS) is 19.4. The molecule has 0 aliphatic carbocycles. The lowest BCUT2D eigenvalue weighted by Gasteiger charge is -2.38. The van der Waals surface area contributed by atoms with Crippen LogP contribution in [0.15, 0.2) is 30.3 Å². The van der Waals surface area contributed by atoms with Gasteiger partial charge in [-0.2, -0.15) is 0 Å². The standard InChI is InChI=1S/C17H29N3/c1-19(2)14-15-9-12-20(13-10-15)17(8-11-18)16-6-4-3-5-7-16/h3-7,15,17H,8-14,18H2,1-2H3. The topological polar surface area (TPSA) is 32.5 Å². The third kappa shape index (κ3) is 4.30. The highest BCUT2D eigenvalue weighted by atomic mass is 15.2. The molecule has 1 heterocycles. The van der Waals surface area contributed by atoms with E-state index in [1.807, 2.05) is 0 Å². The molecule has 1 unspecified atom stereocenters. The van der Waals surface area contributed by atoms with Gasteiger partial charge in [-0.15, -0.1) is 0 Å². The van der Waals surface area contributed by atoms with Crippen LogP contribution in [-0.4, -0.2) is 50.1 Å². The van der Waals surface area contributed by atoms with Gasteiger partial charge in [0.1, 0.15) is 0 Å². The highest BCUT2D eigenvalue weighted by molar-refractivity contribution is 5.19. The number of rotatable bonds is 6. The summed E-state index contributed by atoms with van der Waals surface area (Å²) in [5, 5.41) is 0. The number of hydrogen-bond acceptors (Lipinski definition) is 3. The molecule has 1 saturated heterocycles. The molecule has 1 atom stereocenters. The van der Waals surface area contributed by atoms with Crippen molar-refractivity contribution in [1.29, 1.82) is 0 Å². The van der Waals surface area contributed by atoms with Crippen molar-refractivity contribution < 1.29 is 0 Å². The van der Waals surface area contributed by atoms with Gasteiger partial charge in [-0.05, 0) is 64.5 Å². The fourth-order valence-electron chi connectivity index (χ4n) is 3.36. The van der Waals surface area contributed by atoms with Gasteiger partial charge in [0.25, 0.3) is 0 Å². The van der Waals surface area contributed by atoms with Crippen molar-refractivity contribution in [3.8, 4) is 0 Å². The highest BCUT2D eigenvalue weighted by Crippen LogP contribution is 2.29. The maximum Gasteiger partial charge on any atom is 0.0360 e. The van der Waals surface area contributed by atoms with Crippen LogP contribution in [0.5, 0.6) is 0 Å². The van der Waals surface area contributed by atoms with Gasteiger partial charge in [0.15, 0.2) is 0 Å². The molecule has 0 bridgehead atoms. The molecular formula is C17H29N3. The zero-order valence-electron chi connectivity index (χ0n) is 13.0. The Morgan fingerprint density at radius 2 is 1.85 bits per heavy atom. The molecule has 20 heavy (non-hydrogen) atoms. The predicted octanol–water partition coefficient (Wildman–Crippen LogP) is 2.35. The average Bonchev–Trinajstić information content (AvgIpc) is 2.46. The second-order valence-corrected chi connectivity index (χ2v) is 6.25. The summed E-state index contributed by atoms with van der Waals surface area (Å²) in [4.78, 5) is 4.95. The van der Waals surface area contributed by atoms with E-state index in [0.29, 0.717) is 6.04 Å². The molecule has 0 aromatic heterocycles. The third-order valence-corrected chi connectivity index (χ3v) is 4.34. The summed E-state index contributed by atoms with van der Waals surface area (Å²) in [6.45, 7) is 4.40. The lowest BCUT2D eigenvalue weighted by Crippen LogP contribution is -2.39. The highest BCUT2D eigenvalue weighted by Gasteiger charge is 2.25. The average molecular weight is 275 g/mol. The van der Waals surface area contributed by atoms with E-state index in [0.717, 1.165) is 18.9 Å². The largest absolute Gasteiger partial charge is 0.330 e. The molecule has 0 spiro atoms. The Labute approximate surface area is 123 Å². The smallest absolute Gasteiger partial charge is 0.0360 e. The molecule has 3 nitrogen and oxygen atoms in total. The Bertz CT molecular complexity index is 369. The van der Waals surface area contributed by atoms with Gasteiger partial charge in [-0.25, -0.2) is 0 Å². The molecule has 0 amide bonds. The lowest BCUT2D eigenvalue weighted by atomic mass is 9.93. The van der Waals surface area contributed by atoms with Crippen LogP contribution in [0.4, 0.5) is 0 Å². The van der Waals surface area contributed by atoms with Crippen LogP contribution in [0.2, 0.25) is 0 Å². The van der Waals surface area contributed by atoms with Gasteiger partial charge >= 0.3 is 0 Å². The molecule has 112 valence electrons. The van der Waals surface area contributed by atoms with Crippen LogP contribution >= 0.6 is 0 Å². The monoisotopic (exact) mass is 275 g/mol. The number of benzene rings is 1. The van der Waals surface area contributed by atoms with E-state index in [-0.39, 0.29) is 0 Å². The van der Waals surface area contributed by atoms with Gasteiger partial charge < -0.3 is 10.6 Å². The predicted molar refractivity (Wildman–Crippen MR) is 85.7 cm³/mol. The van der Waals surface area contributed by atoms with E-state index in [2.05, 4.69) is 54.2 Å². The number of nitrogens with zero attached hydrogens (tertiary/aromatic N) is 2. The molecule has 1 aliphatic heterocycles. The minimum atomic E-state index is 0.501.